The molecule has 1 aromatic carbocycles. The van der Waals surface area contributed by atoms with Gasteiger partial charge in [-0.05, 0) is 17.5 Å². The van der Waals surface area contributed by atoms with E-state index >= 15 is 0 Å². The minimum absolute atomic E-state index is 0.823. The van der Waals surface area contributed by atoms with Crippen molar-refractivity contribution < 1.29 is 0 Å². The average Bonchev–Trinajstić information content (AvgIpc) is 2.51. The summed E-state index contributed by atoms with van der Waals surface area (Å²) in [6.45, 7) is 0. The number of nitrogens with two attached hydrogens (primary N) is 1. The van der Waals surface area contributed by atoms with Gasteiger partial charge in [-0.2, -0.15) is 0 Å². The summed E-state index contributed by atoms with van der Waals surface area (Å²) in [7, 11) is 2.09. The van der Waals surface area contributed by atoms with E-state index in [4.69, 9.17) is 5.73 Å². The van der Waals surface area contributed by atoms with Gasteiger partial charge in [0.2, 0.25) is 0 Å². The van der Waals surface area contributed by atoms with E-state index in [2.05, 4.69) is 23.4 Å². The minimum Gasteiger partial charge on any atom is -0.399 e. The molecular weight excluding hydrogens is 180 g/mol. The number of benzene rings is 1. The predicted molar refractivity (Wildman–Crippen MR) is 59.1 cm³/mol. The van der Waals surface area contributed by atoms with Gasteiger partial charge in [0.25, 0.3) is 0 Å². The van der Waals surface area contributed by atoms with Crippen LogP contribution in [0.4, 0.5) is 5.69 Å². The van der Waals surface area contributed by atoms with Crippen LogP contribution in [0.15, 0.2) is 29.7 Å². The summed E-state index contributed by atoms with van der Waals surface area (Å²) in [5.74, 6) is 1.03. The number of hydrogen-bond donors (Lipinski definition) is 1. The lowest BCUT2D eigenvalue weighted by atomic mass is 10.1. The van der Waals surface area contributed by atoms with Gasteiger partial charge in [-0.3, -0.25) is 0 Å². The lowest BCUT2D eigenvalue weighted by molar-refractivity contribution is 0.578. The van der Waals surface area contributed by atoms with Crippen molar-refractivity contribution in [3.8, 4) is 0 Å². The fourth-order valence-corrected chi connectivity index (χ4v) is 2.29. The van der Waals surface area contributed by atoms with E-state index in [-0.39, 0.29) is 0 Å². The summed E-state index contributed by atoms with van der Waals surface area (Å²) in [4.78, 5) is 2.22. The van der Waals surface area contributed by atoms with Gasteiger partial charge < -0.3 is 10.6 Å². The Morgan fingerprint density at radius 2 is 2.31 bits per heavy atom. The second-order valence-electron chi connectivity index (χ2n) is 3.12. The molecule has 0 fully saturated rings. The van der Waals surface area contributed by atoms with Crippen molar-refractivity contribution in [2.24, 2.45) is 0 Å². The predicted octanol–water partition coefficient (Wildman–Crippen LogP) is 2.20. The van der Waals surface area contributed by atoms with E-state index < -0.39 is 0 Å². The Morgan fingerprint density at radius 1 is 1.46 bits per heavy atom. The molecule has 2 nitrogen and oxygen atoms in total. The van der Waals surface area contributed by atoms with Crippen molar-refractivity contribution in [2.75, 3.05) is 18.7 Å². The smallest absolute Gasteiger partial charge is 0.0677 e. The van der Waals surface area contributed by atoms with E-state index in [1.807, 2.05) is 30.0 Å². The monoisotopic (exact) mass is 192 g/mol. The Kier molecular flexibility index (Phi) is 2.19. The number of thioether (sulfide) groups is 1. The van der Waals surface area contributed by atoms with Gasteiger partial charge in [-0.15, -0.1) is 11.8 Å². The highest BCUT2D eigenvalue weighted by atomic mass is 32.2. The van der Waals surface area contributed by atoms with E-state index in [0.29, 0.717) is 0 Å². The summed E-state index contributed by atoms with van der Waals surface area (Å²) in [6.07, 6.45) is 0. The first kappa shape index (κ1) is 8.51. The summed E-state index contributed by atoms with van der Waals surface area (Å²) in [5.41, 5.74) is 9.00. The zero-order valence-electron chi connectivity index (χ0n) is 7.53. The van der Waals surface area contributed by atoms with Crippen LogP contribution in [-0.2, 0) is 0 Å². The molecule has 0 aliphatic carbocycles. The lowest BCUT2D eigenvalue weighted by Gasteiger charge is -2.15. The molecule has 0 spiro atoms. The van der Waals surface area contributed by atoms with Crippen molar-refractivity contribution in [1.82, 2.24) is 4.90 Å². The molecule has 1 aliphatic heterocycles. The van der Waals surface area contributed by atoms with Crippen molar-refractivity contribution >= 4 is 23.1 Å². The molecule has 13 heavy (non-hydrogen) atoms. The third-order valence-electron chi connectivity index (χ3n) is 2.06. The summed E-state index contributed by atoms with van der Waals surface area (Å²) >= 11 is 1.81. The summed E-state index contributed by atoms with van der Waals surface area (Å²) < 4.78 is 0. The largest absolute Gasteiger partial charge is 0.399 e. The van der Waals surface area contributed by atoms with Crippen molar-refractivity contribution in [1.29, 1.82) is 0 Å². The molecule has 0 unspecified atom stereocenters. The normalized spacial score (nSPS) is 16.1. The van der Waals surface area contributed by atoms with Gasteiger partial charge in [0, 0.05) is 18.3 Å². The van der Waals surface area contributed by atoms with Crippen LogP contribution in [-0.4, -0.2) is 17.8 Å². The number of rotatable bonds is 1. The first-order chi connectivity index (χ1) is 6.27. The van der Waals surface area contributed by atoms with Crippen LogP contribution in [0.25, 0.3) is 5.70 Å². The highest BCUT2D eigenvalue weighted by Gasteiger charge is 2.12. The van der Waals surface area contributed by atoms with Crippen molar-refractivity contribution in [2.45, 2.75) is 0 Å². The number of nitrogens with zero attached hydrogens (tertiary/aromatic N) is 1. The van der Waals surface area contributed by atoms with Crippen LogP contribution in [0.5, 0.6) is 0 Å². The third kappa shape index (κ3) is 1.65. The molecule has 0 saturated heterocycles. The molecular formula is C10H12N2S. The molecule has 0 aromatic heterocycles. The molecule has 2 N–H and O–H groups in total. The Hall–Kier alpha value is -1.09. The van der Waals surface area contributed by atoms with Crippen molar-refractivity contribution in [3.63, 3.8) is 0 Å². The second-order valence-corrected chi connectivity index (χ2v) is 3.95. The van der Waals surface area contributed by atoms with Gasteiger partial charge in [-0.25, -0.2) is 0 Å². The lowest BCUT2D eigenvalue weighted by Crippen LogP contribution is -2.10. The first-order valence-corrected chi connectivity index (χ1v) is 5.21. The van der Waals surface area contributed by atoms with Crippen LogP contribution in [0, 0.1) is 0 Å². The second kappa shape index (κ2) is 3.34. The molecule has 3 heteroatoms. The van der Waals surface area contributed by atoms with Crippen LogP contribution in [0.2, 0.25) is 0 Å². The molecule has 1 heterocycles. The Bertz CT molecular complexity index is 347. The SMILES string of the molecule is CN1CSC=C1c1cccc(N)c1. The molecule has 1 aromatic rings. The third-order valence-corrected chi connectivity index (χ3v) is 2.98. The van der Waals surface area contributed by atoms with Gasteiger partial charge in [0.1, 0.15) is 0 Å². The maximum Gasteiger partial charge on any atom is 0.0677 e. The molecule has 2 rings (SSSR count). The highest BCUT2D eigenvalue weighted by Crippen LogP contribution is 2.29. The maximum atomic E-state index is 5.72. The Morgan fingerprint density at radius 3 is 2.92 bits per heavy atom. The standard InChI is InChI=1S/C10H12N2S/c1-12-7-13-6-10(12)8-3-2-4-9(11)5-8/h2-6H,7,11H2,1H3. The number of nitrogen functional groups attached to an aromatic ring is 1. The fraction of sp³-hybridized carbons (Fsp3) is 0.200. The highest BCUT2D eigenvalue weighted by molar-refractivity contribution is 8.02. The van der Waals surface area contributed by atoms with E-state index in [0.717, 1.165) is 11.6 Å². The minimum atomic E-state index is 0.823. The van der Waals surface area contributed by atoms with E-state index in [1.54, 1.807) is 0 Å². The Labute approximate surface area is 82.4 Å². The zero-order chi connectivity index (χ0) is 9.26. The van der Waals surface area contributed by atoms with E-state index in [9.17, 15) is 0 Å². The summed E-state index contributed by atoms with van der Waals surface area (Å²) in [5, 5.41) is 2.18. The average molecular weight is 192 g/mol. The molecule has 0 radical (unpaired) electrons. The molecule has 68 valence electrons. The van der Waals surface area contributed by atoms with E-state index in [1.165, 1.54) is 11.3 Å². The van der Waals surface area contributed by atoms with Crippen LogP contribution in [0.3, 0.4) is 0 Å². The summed E-state index contributed by atoms with van der Waals surface area (Å²) in [6, 6.07) is 7.99. The van der Waals surface area contributed by atoms with Crippen LogP contribution >= 0.6 is 11.8 Å². The molecule has 0 atom stereocenters. The quantitative estimate of drug-likeness (QED) is 0.692. The van der Waals surface area contributed by atoms with Crippen LogP contribution < -0.4 is 5.73 Å². The van der Waals surface area contributed by atoms with Crippen molar-refractivity contribution in [3.05, 3.63) is 35.2 Å². The van der Waals surface area contributed by atoms with Crippen LogP contribution in [0.1, 0.15) is 5.56 Å². The van der Waals surface area contributed by atoms with Gasteiger partial charge in [0.15, 0.2) is 0 Å². The fourth-order valence-electron chi connectivity index (χ4n) is 1.37. The van der Waals surface area contributed by atoms with Gasteiger partial charge in [0.05, 0.1) is 11.6 Å². The number of hydrogen-bond acceptors (Lipinski definition) is 3. The number of anilines is 1. The maximum absolute atomic E-state index is 5.72. The zero-order valence-corrected chi connectivity index (χ0v) is 8.34. The molecule has 0 amide bonds. The Balaban J connectivity index is 2.35. The topological polar surface area (TPSA) is 29.3 Å². The van der Waals surface area contributed by atoms with Gasteiger partial charge in [-0.1, -0.05) is 12.1 Å². The molecule has 0 saturated carbocycles. The molecule has 0 bridgehead atoms. The molecule has 1 aliphatic rings. The first-order valence-electron chi connectivity index (χ1n) is 4.16. The van der Waals surface area contributed by atoms with Gasteiger partial charge >= 0.3 is 0 Å².